The number of likely N-dealkylation sites (N-methyl/N-ethyl adjacent to an activating group) is 1. The smallest absolute Gasteiger partial charge is 0.236 e. The van der Waals surface area contributed by atoms with Gasteiger partial charge in [-0.1, -0.05) is 23.7 Å². The highest BCUT2D eigenvalue weighted by atomic mass is 35.5. The number of nitrogens with one attached hydrogen (secondary N) is 1. The summed E-state index contributed by atoms with van der Waals surface area (Å²) in [6.45, 7) is -0.385. The molecule has 0 aromatic heterocycles. The first kappa shape index (κ1) is 19.9. The monoisotopic (exact) mass is 406 g/mol. The van der Waals surface area contributed by atoms with Gasteiger partial charge in [0.05, 0.1) is 18.1 Å². The molecule has 1 N–H and O–H groups in total. The van der Waals surface area contributed by atoms with E-state index < -0.39 is 31.8 Å². The lowest BCUT2D eigenvalue weighted by molar-refractivity contribution is -0.121. The molecule has 1 atom stereocenters. The summed E-state index contributed by atoms with van der Waals surface area (Å²) in [5, 5.41) is 4.10. The maximum Gasteiger partial charge on any atom is 0.236 e. The number of carbonyl (C=O) groups is 1. The topological polar surface area (TPSA) is 101 Å². The molecule has 10 heteroatoms. The molecule has 25 heavy (non-hydrogen) atoms. The van der Waals surface area contributed by atoms with Crippen LogP contribution in [0.3, 0.4) is 0 Å². The van der Waals surface area contributed by atoms with Crippen LogP contribution in [0.15, 0.2) is 29.7 Å². The molecule has 1 fully saturated rings. The van der Waals surface area contributed by atoms with Gasteiger partial charge < -0.3 is 5.32 Å². The quantitative estimate of drug-likeness (QED) is 0.755. The molecular formula is C15H19ClN2O5S2. The molecule has 0 aliphatic carbocycles. The number of benzene rings is 1. The number of rotatable bonds is 6. The Hall–Kier alpha value is -1.42. The SMILES string of the molecule is CN(CC(=O)NC1CCS(=O)(=O)C1)S(=O)(=O)/C=C/c1ccc(Cl)cc1. The van der Waals surface area contributed by atoms with Gasteiger partial charge in [0.25, 0.3) is 0 Å². The van der Waals surface area contributed by atoms with E-state index in [4.69, 9.17) is 11.6 Å². The number of halogens is 1. The molecule has 1 amide bonds. The fraction of sp³-hybridized carbons (Fsp3) is 0.400. The summed E-state index contributed by atoms with van der Waals surface area (Å²) in [5.74, 6) is -0.602. The highest BCUT2D eigenvalue weighted by molar-refractivity contribution is 7.92. The molecule has 1 aromatic carbocycles. The van der Waals surface area contributed by atoms with Gasteiger partial charge in [-0.25, -0.2) is 16.8 Å². The zero-order chi connectivity index (χ0) is 18.7. The largest absolute Gasteiger partial charge is 0.351 e. The standard InChI is InChI=1S/C15H19ClN2O5S2/c1-18(10-15(19)17-14-7-8-24(20,21)11-14)25(22,23)9-6-12-2-4-13(16)5-3-12/h2-6,9,14H,7-8,10-11H2,1H3,(H,17,19)/b9-6+. The summed E-state index contributed by atoms with van der Waals surface area (Å²) in [7, 11) is -5.60. The summed E-state index contributed by atoms with van der Waals surface area (Å²) in [6.07, 6.45) is 1.75. The van der Waals surface area contributed by atoms with Crippen molar-refractivity contribution in [2.45, 2.75) is 12.5 Å². The highest BCUT2D eigenvalue weighted by Crippen LogP contribution is 2.13. The van der Waals surface area contributed by atoms with E-state index in [-0.39, 0.29) is 18.1 Å². The van der Waals surface area contributed by atoms with E-state index >= 15 is 0 Å². The van der Waals surface area contributed by atoms with Crippen LogP contribution in [0.1, 0.15) is 12.0 Å². The van der Waals surface area contributed by atoms with Gasteiger partial charge in [0.15, 0.2) is 9.84 Å². The van der Waals surface area contributed by atoms with E-state index in [0.29, 0.717) is 17.0 Å². The molecule has 0 bridgehead atoms. The molecule has 7 nitrogen and oxygen atoms in total. The van der Waals surface area contributed by atoms with E-state index in [1.54, 1.807) is 24.3 Å². The first-order valence-corrected chi connectivity index (χ1v) is 11.2. The lowest BCUT2D eigenvalue weighted by Gasteiger charge is -2.16. The Balaban J connectivity index is 1.93. The summed E-state index contributed by atoms with van der Waals surface area (Å²) in [6, 6.07) is 6.16. The maximum absolute atomic E-state index is 12.2. The third kappa shape index (κ3) is 6.10. The molecule has 2 rings (SSSR count). The number of hydrogen-bond donors (Lipinski definition) is 1. The van der Waals surface area contributed by atoms with Gasteiger partial charge in [0.1, 0.15) is 0 Å². The summed E-state index contributed by atoms with van der Waals surface area (Å²) in [5.41, 5.74) is 0.655. The molecule has 1 saturated heterocycles. The second kappa shape index (κ2) is 7.86. The zero-order valence-corrected chi connectivity index (χ0v) is 15.9. The Bertz CT molecular complexity index is 864. The molecule has 1 aliphatic heterocycles. The number of sulfone groups is 1. The van der Waals surface area contributed by atoms with Gasteiger partial charge in [-0.2, -0.15) is 4.31 Å². The summed E-state index contributed by atoms with van der Waals surface area (Å²) >= 11 is 5.76. The minimum Gasteiger partial charge on any atom is -0.351 e. The first-order chi connectivity index (χ1) is 11.6. The minimum absolute atomic E-state index is 0.0376. The maximum atomic E-state index is 12.2. The van der Waals surface area contributed by atoms with E-state index in [2.05, 4.69) is 5.32 Å². The van der Waals surface area contributed by atoms with Gasteiger partial charge in [-0.3, -0.25) is 4.79 Å². The van der Waals surface area contributed by atoms with Crippen molar-refractivity contribution < 1.29 is 21.6 Å². The lowest BCUT2D eigenvalue weighted by atomic mass is 10.2. The Labute approximate surface area is 152 Å². The minimum atomic E-state index is -3.78. The van der Waals surface area contributed by atoms with E-state index in [1.807, 2.05) is 0 Å². The number of sulfonamides is 1. The van der Waals surface area contributed by atoms with Crippen molar-refractivity contribution >= 4 is 43.4 Å². The Morgan fingerprint density at radius 3 is 2.56 bits per heavy atom. The molecule has 0 radical (unpaired) electrons. The van der Waals surface area contributed by atoms with Crippen LogP contribution >= 0.6 is 11.6 Å². The van der Waals surface area contributed by atoms with Crippen molar-refractivity contribution in [1.82, 2.24) is 9.62 Å². The van der Waals surface area contributed by atoms with Crippen molar-refractivity contribution in [2.75, 3.05) is 25.1 Å². The van der Waals surface area contributed by atoms with Crippen LogP contribution in [-0.4, -0.2) is 58.2 Å². The van der Waals surface area contributed by atoms with Crippen LogP contribution in [0.4, 0.5) is 0 Å². The number of carbonyl (C=O) groups excluding carboxylic acids is 1. The van der Waals surface area contributed by atoms with E-state index in [0.717, 1.165) is 9.71 Å². The van der Waals surface area contributed by atoms with Crippen molar-refractivity contribution in [2.24, 2.45) is 0 Å². The fourth-order valence-corrected chi connectivity index (χ4v) is 4.95. The Morgan fingerprint density at radius 1 is 1.36 bits per heavy atom. The molecule has 138 valence electrons. The predicted molar refractivity (Wildman–Crippen MR) is 97.2 cm³/mol. The number of amides is 1. The van der Waals surface area contributed by atoms with Crippen molar-refractivity contribution in [3.8, 4) is 0 Å². The van der Waals surface area contributed by atoms with Gasteiger partial charge >= 0.3 is 0 Å². The molecule has 1 aromatic rings. The second-order valence-corrected chi connectivity index (χ2v) is 10.4. The van der Waals surface area contributed by atoms with Gasteiger partial charge in [0.2, 0.25) is 15.9 Å². The first-order valence-electron chi connectivity index (χ1n) is 7.47. The molecule has 0 spiro atoms. The van der Waals surface area contributed by atoms with Gasteiger partial charge in [-0.15, -0.1) is 0 Å². The van der Waals surface area contributed by atoms with Crippen molar-refractivity contribution in [1.29, 1.82) is 0 Å². The van der Waals surface area contributed by atoms with Crippen molar-refractivity contribution in [3.05, 3.63) is 40.3 Å². The third-order valence-corrected chi connectivity index (χ3v) is 7.20. The van der Waals surface area contributed by atoms with E-state index in [1.165, 1.54) is 13.1 Å². The summed E-state index contributed by atoms with van der Waals surface area (Å²) < 4.78 is 48.0. The van der Waals surface area contributed by atoms with E-state index in [9.17, 15) is 21.6 Å². The van der Waals surface area contributed by atoms with Gasteiger partial charge in [0, 0.05) is 23.5 Å². The Morgan fingerprint density at radius 2 is 2.00 bits per heavy atom. The zero-order valence-electron chi connectivity index (χ0n) is 13.6. The van der Waals surface area contributed by atoms with Crippen molar-refractivity contribution in [3.63, 3.8) is 0 Å². The second-order valence-electron chi connectivity index (χ2n) is 5.82. The lowest BCUT2D eigenvalue weighted by Crippen LogP contribution is -2.42. The molecule has 1 aliphatic rings. The molecule has 0 saturated carbocycles. The van der Waals surface area contributed by atoms with Crippen LogP contribution in [-0.2, 0) is 24.7 Å². The summed E-state index contributed by atoms with van der Waals surface area (Å²) in [4.78, 5) is 11.9. The van der Waals surface area contributed by atoms with Crippen LogP contribution in [0, 0.1) is 0 Å². The fourth-order valence-electron chi connectivity index (χ4n) is 2.32. The molecule has 1 unspecified atom stereocenters. The normalized spacial score (nSPS) is 20.2. The average Bonchev–Trinajstić information content (AvgIpc) is 2.85. The molecular weight excluding hydrogens is 388 g/mol. The molecule has 1 heterocycles. The highest BCUT2D eigenvalue weighted by Gasteiger charge is 2.29. The predicted octanol–water partition coefficient (Wildman–Crippen LogP) is 0.876. The van der Waals surface area contributed by atoms with Crippen LogP contribution in [0.5, 0.6) is 0 Å². The average molecular weight is 407 g/mol. The van der Waals surface area contributed by atoms with Crippen LogP contribution < -0.4 is 5.32 Å². The van der Waals surface area contributed by atoms with Crippen LogP contribution in [0.25, 0.3) is 6.08 Å². The third-order valence-electron chi connectivity index (χ3n) is 3.70. The Kier molecular flexibility index (Phi) is 6.26. The van der Waals surface area contributed by atoms with Gasteiger partial charge in [-0.05, 0) is 30.2 Å². The van der Waals surface area contributed by atoms with Crippen LogP contribution in [0.2, 0.25) is 5.02 Å². The number of hydrogen-bond acceptors (Lipinski definition) is 5. The number of nitrogens with zero attached hydrogens (tertiary/aromatic N) is 1.